The van der Waals surface area contributed by atoms with Crippen molar-refractivity contribution in [3.63, 3.8) is 0 Å². The van der Waals surface area contributed by atoms with Crippen molar-refractivity contribution in [1.29, 1.82) is 0 Å². The highest BCUT2D eigenvalue weighted by molar-refractivity contribution is 7.07. The summed E-state index contributed by atoms with van der Waals surface area (Å²) in [6, 6.07) is 6.81. The summed E-state index contributed by atoms with van der Waals surface area (Å²) >= 11 is 1.78. The quantitative estimate of drug-likeness (QED) is 0.803. The van der Waals surface area contributed by atoms with E-state index in [2.05, 4.69) is 26.7 Å². The Morgan fingerprint density at radius 2 is 2.08 bits per heavy atom. The summed E-state index contributed by atoms with van der Waals surface area (Å²) in [7, 11) is 0. The van der Waals surface area contributed by atoms with Crippen molar-refractivity contribution in [2.75, 3.05) is 13.2 Å². The van der Waals surface area contributed by atoms with Crippen LogP contribution in [0, 0.1) is 0 Å². The number of thiophene rings is 1. The summed E-state index contributed by atoms with van der Waals surface area (Å²) in [5, 5.41) is 4.42. The Bertz CT molecular complexity index is 620. The van der Waals surface area contributed by atoms with E-state index in [4.69, 9.17) is 9.47 Å². The number of likely N-dealkylation sites (tertiary alicyclic amines) is 1. The predicted octanol–water partition coefficient (Wildman–Crippen LogP) is 3.48. The molecule has 4 rings (SSSR count). The fraction of sp³-hybridized carbons (Fsp3) is 0.526. The van der Waals surface area contributed by atoms with E-state index in [9.17, 15) is 0 Å². The van der Waals surface area contributed by atoms with Gasteiger partial charge in [0.1, 0.15) is 0 Å². The number of aromatic nitrogens is 1. The van der Waals surface area contributed by atoms with Gasteiger partial charge in [-0.05, 0) is 59.3 Å². The minimum absolute atomic E-state index is 0.245. The second-order valence-corrected chi connectivity index (χ2v) is 7.48. The summed E-state index contributed by atoms with van der Waals surface area (Å²) in [6.07, 6.45) is 7.70. The molecule has 0 N–H and O–H groups in total. The second kappa shape index (κ2) is 7.74. The molecule has 3 atom stereocenters. The number of nitrogens with zero attached hydrogens (tertiary/aromatic N) is 2. The number of hydrogen-bond acceptors (Lipinski definition) is 5. The van der Waals surface area contributed by atoms with Crippen molar-refractivity contribution in [3.8, 4) is 0 Å². The fourth-order valence-electron chi connectivity index (χ4n) is 3.81. The molecule has 0 radical (unpaired) electrons. The van der Waals surface area contributed by atoms with Gasteiger partial charge in [-0.1, -0.05) is 0 Å². The van der Waals surface area contributed by atoms with Gasteiger partial charge in [-0.3, -0.25) is 9.88 Å². The number of rotatable bonds is 6. The zero-order valence-electron chi connectivity index (χ0n) is 13.8. The maximum Gasteiger partial charge on any atom is 0.0813 e. The Kier molecular flexibility index (Phi) is 5.23. The van der Waals surface area contributed by atoms with Gasteiger partial charge in [0.25, 0.3) is 0 Å². The van der Waals surface area contributed by atoms with E-state index in [1.165, 1.54) is 17.5 Å². The molecule has 2 fully saturated rings. The van der Waals surface area contributed by atoms with Crippen molar-refractivity contribution in [1.82, 2.24) is 9.88 Å². The number of pyridine rings is 1. The number of hydrogen-bond donors (Lipinski definition) is 0. The minimum atomic E-state index is 0.245. The first kappa shape index (κ1) is 16.2. The standard InChI is InChI=1S/C19H24N2O2S/c1-2-18-19(5-9-21(18)11-16-6-10-24-14-16)23-17(1)13-22-12-15-3-7-20-8-4-15/h3-4,6-8,10,14,17-19H,1-2,5,9,11-13H2/t17-,18-,19-/m0/s1. The molecule has 0 aliphatic carbocycles. The summed E-state index contributed by atoms with van der Waals surface area (Å²) < 4.78 is 12.2. The Hall–Kier alpha value is -1.27. The van der Waals surface area contributed by atoms with E-state index in [0.29, 0.717) is 25.4 Å². The normalized spacial score (nSPS) is 27.2. The first-order chi connectivity index (χ1) is 11.9. The van der Waals surface area contributed by atoms with Crippen LogP contribution in [0.4, 0.5) is 0 Å². The molecule has 0 unspecified atom stereocenters. The molecule has 0 amide bonds. The molecule has 24 heavy (non-hydrogen) atoms. The van der Waals surface area contributed by atoms with Crippen LogP contribution in [-0.2, 0) is 22.6 Å². The maximum atomic E-state index is 6.32. The zero-order valence-corrected chi connectivity index (χ0v) is 14.7. The molecule has 0 spiro atoms. The van der Waals surface area contributed by atoms with Crippen LogP contribution < -0.4 is 0 Å². The molecule has 5 heteroatoms. The first-order valence-corrected chi connectivity index (χ1v) is 9.70. The van der Waals surface area contributed by atoms with Crippen LogP contribution in [-0.4, -0.2) is 41.3 Å². The molecule has 2 aliphatic heterocycles. The molecule has 4 nitrogen and oxygen atoms in total. The van der Waals surface area contributed by atoms with Gasteiger partial charge in [0, 0.05) is 31.5 Å². The van der Waals surface area contributed by atoms with Crippen LogP contribution in [0.3, 0.4) is 0 Å². The Morgan fingerprint density at radius 3 is 2.92 bits per heavy atom. The third-order valence-electron chi connectivity index (χ3n) is 5.04. The van der Waals surface area contributed by atoms with Crippen molar-refractivity contribution in [3.05, 3.63) is 52.5 Å². The van der Waals surface area contributed by atoms with E-state index in [0.717, 1.165) is 25.9 Å². The first-order valence-electron chi connectivity index (χ1n) is 8.76. The van der Waals surface area contributed by atoms with E-state index in [1.54, 1.807) is 23.7 Å². The lowest BCUT2D eigenvalue weighted by Crippen LogP contribution is -2.43. The second-order valence-electron chi connectivity index (χ2n) is 6.70. The van der Waals surface area contributed by atoms with E-state index < -0.39 is 0 Å². The van der Waals surface area contributed by atoms with Crippen LogP contribution in [0.15, 0.2) is 41.4 Å². The van der Waals surface area contributed by atoms with Gasteiger partial charge in [0.15, 0.2) is 0 Å². The molecule has 128 valence electrons. The molecular formula is C19H24N2O2S. The maximum absolute atomic E-state index is 6.32. The van der Waals surface area contributed by atoms with Gasteiger partial charge >= 0.3 is 0 Å². The molecule has 0 bridgehead atoms. The van der Waals surface area contributed by atoms with Gasteiger partial charge in [0.05, 0.1) is 25.4 Å². The topological polar surface area (TPSA) is 34.6 Å². The van der Waals surface area contributed by atoms with Gasteiger partial charge in [-0.25, -0.2) is 0 Å². The van der Waals surface area contributed by atoms with Crippen molar-refractivity contribution < 1.29 is 9.47 Å². The molecule has 2 aromatic rings. The predicted molar refractivity (Wildman–Crippen MR) is 94.9 cm³/mol. The highest BCUT2D eigenvalue weighted by Crippen LogP contribution is 2.32. The van der Waals surface area contributed by atoms with Crippen molar-refractivity contribution in [2.24, 2.45) is 0 Å². The lowest BCUT2D eigenvalue weighted by Gasteiger charge is -2.36. The molecule has 0 aromatic carbocycles. The SMILES string of the molecule is c1cc(COC[C@@H]2CC[C@H]3[C@H](CCN3Cc3ccsc3)O2)ccn1. The highest BCUT2D eigenvalue weighted by atomic mass is 32.1. The zero-order chi connectivity index (χ0) is 16.2. The molecule has 2 aromatic heterocycles. The summed E-state index contributed by atoms with van der Waals surface area (Å²) in [4.78, 5) is 6.63. The smallest absolute Gasteiger partial charge is 0.0813 e. The lowest BCUT2D eigenvalue weighted by molar-refractivity contribution is -0.102. The van der Waals surface area contributed by atoms with Gasteiger partial charge < -0.3 is 9.47 Å². The Labute approximate surface area is 147 Å². The molecule has 2 aliphatic rings. The average Bonchev–Trinajstić information content (AvgIpc) is 3.26. The Morgan fingerprint density at radius 1 is 1.17 bits per heavy atom. The van der Waals surface area contributed by atoms with Gasteiger partial charge in [0.2, 0.25) is 0 Å². The summed E-state index contributed by atoms with van der Waals surface area (Å²) in [6.45, 7) is 3.55. The van der Waals surface area contributed by atoms with Crippen LogP contribution in [0.2, 0.25) is 0 Å². The van der Waals surface area contributed by atoms with Crippen LogP contribution in [0.1, 0.15) is 30.4 Å². The summed E-state index contributed by atoms with van der Waals surface area (Å²) in [5.74, 6) is 0. The number of fused-ring (bicyclic) bond motifs is 1. The number of ether oxygens (including phenoxy) is 2. The van der Waals surface area contributed by atoms with Crippen molar-refractivity contribution in [2.45, 2.75) is 50.7 Å². The van der Waals surface area contributed by atoms with Crippen LogP contribution >= 0.6 is 11.3 Å². The highest BCUT2D eigenvalue weighted by Gasteiger charge is 2.39. The molecule has 2 saturated heterocycles. The summed E-state index contributed by atoms with van der Waals surface area (Å²) in [5.41, 5.74) is 2.60. The van der Waals surface area contributed by atoms with Crippen LogP contribution in [0.25, 0.3) is 0 Å². The van der Waals surface area contributed by atoms with E-state index >= 15 is 0 Å². The van der Waals surface area contributed by atoms with E-state index in [1.807, 2.05) is 12.1 Å². The van der Waals surface area contributed by atoms with Gasteiger partial charge in [-0.2, -0.15) is 11.3 Å². The monoisotopic (exact) mass is 344 g/mol. The Balaban J connectivity index is 1.23. The van der Waals surface area contributed by atoms with Crippen LogP contribution in [0.5, 0.6) is 0 Å². The van der Waals surface area contributed by atoms with Gasteiger partial charge in [-0.15, -0.1) is 0 Å². The minimum Gasteiger partial charge on any atom is -0.374 e. The molecule has 0 saturated carbocycles. The third-order valence-corrected chi connectivity index (χ3v) is 5.77. The molecule has 4 heterocycles. The third kappa shape index (κ3) is 3.86. The average molecular weight is 344 g/mol. The van der Waals surface area contributed by atoms with Crippen molar-refractivity contribution >= 4 is 11.3 Å². The lowest BCUT2D eigenvalue weighted by atomic mass is 9.99. The van der Waals surface area contributed by atoms with E-state index in [-0.39, 0.29) is 6.10 Å². The molecular weight excluding hydrogens is 320 g/mol. The fourth-order valence-corrected chi connectivity index (χ4v) is 4.47. The largest absolute Gasteiger partial charge is 0.374 e.